The van der Waals surface area contributed by atoms with Crippen LogP contribution < -0.4 is 16.4 Å². The highest BCUT2D eigenvalue weighted by Crippen LogP contribution is 2.18. The fourth-order valence-electron chi connectivity index (χ4n) is 2.16. The van der Waals surface area contributed by atoms with Crippen LogP contribution in [0.15, 0.2) is 42.5 Å². The van der Waals surface area contributed by atoms with Crippen LogP contribution >= 0.6 is 24.0 Å². The second-order valence-electron chi connectivity index (χ2n) is 5.13. The molecule has 0 spiro atoms. The Morgan fingerprint density at radius 3 is 2.60 bits per heavy atom. The molecule has 0 atom stereocenters. The van der Waals surface area contributed by atoms with Crippen molar-refractivity contribution in [3.8, 4) is 0 Å². The van der Waals surface area contributed by atoms with Crippen LogP contribution in [0.3, 0.4) is 0 Å². The second kappa shape index (κ2) is 9.88. The summed E-state index contributed by atoms with van der Waals surface area (Å²) in [6.07, 6.45) is 0. The maximum atomic E-state index is 12.2. The van der Waals surface area contributed by atoms with Gasteiger partial charge in [-0.1, -0.05) is 29.8 Å². The zero-order chi connectivity index (χ0) is 17.5. The highest BCUT2D eigenvalue weighted by Gasteiger charge is 2.09. The third-order valence-electron chi connectivity index (χ3n) is 3.37. The Labute approximate surface area is 157 Å². The van der Waals surface area contributed by atoms with E-state index in [9.17, 15) is 4.79 Å². The molecule has 0 aromatic heterocycles. The molecule has 0 fully saturated rings. The summed E-state index contributed by atoms with van der Waals surface area (Å²) in [6.45, 7) is 0.618. The Balaban J connectivity index is 0.00000312. The molecule has 8 heteroatoms. The van der Waals surface area contributed by atoms with Crippen molar-refractivity contribution in [2.24, 2.45) is 5.73 Å². The molecule has 6 nitrogen and oxygen atoms in total. The minimum absolute atomic E-state index is 0. The molecule has 1 amide bonds. The van der Waals surface area contributed by atoms with Crippen LogP contribution in [0.25, 0.3) is 0 Å². The fraction of sp³-hybridized carbons (Fsp3) is 0.176. The summed E-state index contributed by atoms with van der Waals surface area (Å²) in [4.78, 5) is 12.2. The first-order valence-electron chi connectivity index (χ1n) is 7.37. The van der Waals surface area contributed by atoms with Crippen LogP contribution in [0.4, 0.5) is 5.69 Å². The van der Waals surface area contributed by atoms with Crippen molar-refractivity contribution in [1.29, 1.82) is 5.41 Å². The molecule has 2 aromatic rings. The molecular weight excluding hydrogens is 363 g/mol. The zero-order valence-electron chi connectivity index (χ0n) is 13.4. The second-order valence-corrected chi connectivity index (χ2v) is 5.57. The zero-order valence-corrected chi connectivity index (χ0v) is 15.0. The van der Waals surface area contributed by atoms with E-state index in [1.807, 2.05) is 0 Å². The van der Waals surface area contributed by atoms with Crippen LogP contribution in [0.1, 0.15) is 21.5 Å². The largest absolute Gasteiger partial charge is 0.395 e. The van der Waals surface area contributed by atoms with E-state index in [2.05, 4.69) is 10.6 Å². The van der Waals surface area contributed by atoms with Crippen molar-refractivity contribution in [2.75, 3.05) is 18.5 Å². The van der Waals surface area contributed by atoms with Gasteiger partial charge in [-0.05, 0) is 29.8 Å². The molecule has 134 valence electrons. The average Bonchev–Trinajstić information content (AvgIpc) is 2.58. The first-order valence-corrected chi connectivity index (χ1v) is 7.75. The number of nitrogens with one attached hydrogen (secondary N) is 3. The molecule has 25 heavy (non-hydrogen) atoms. The van der Waals surface area contributed by atoms with E-state index in [4.69, 9.17) is 27.9 Å². The van der Waals surface area contributed by atoms with Gasteiger partial charge in [-0.15, -0.1) is 12.4 Å². The molecule has 0 radical (unpaired) electrons. The van der Waals surface area contributed by atoms with Crippen molar-refractivity contribution < 1.29 is 9.90 Å². The number of benzene rings is 2. The van der Waals surface area contributed by atoms with E-state index >= 15 is 0 Å². The third kappa shape index (κ3) is 5.94. The summed E-state index contributed by atoms with van der Waals surface area (Å²) in [5.74, 6) is -0.280. The van der Waals surface area contributed by atoms with Gasteiger partial charge in [-0.3, -0.25) is 10.2 Å². The summed E-state index contributed by atoms with van der Waals surface area (Å²) >= 11 is 5.89. The maximum Gasteiger partial charge on any atom is 0.251 e. The van der Waals surface area contributed by atoms with Crippen LogP contribution in [-0.2, 0) is 6.54 Å². The smallest absolute Gasteiger partial charge is 0.251 e. The van der Waals surface area contributed by atoms with Gasteiger partial charge in [0.05, 0.1) is 6.61 Å². The number of aliphatic hydroxyl groups excluding tert-OH is 1. The van der Waals surface area contributed by atoms with E-state index in [1.54, 1.807) is 42.5 Å². The van der Waals surface area contributed by atoms with Gasteiger partial charge in [-0.25, -0.2) is 0 Å². The molecule has 2 aromatic carbocycles. The van der Waals surface area contributed by atoms with Gasteiger partial charge in [0.15, 0.2) is 0 Å². The normalized spacial score (nSPS) is 9.84. The van der Waals surface area contributed by atoms with E-state index < -0.39 is 0 Å². The SMILES string of the molecule is Cl.N=C(N)c1ccc(CNC(=O)c2cccc(Cl)c2)c(NCCO)c1. The Bertz CT molecular complexity index is 753. The standard InChI is InChI=1S/C17H19ClN4O2.ClH/c18-14-3-1-2-12(8-14)17(24)22-10-13-5-4-11(16(19)20)9-15(13)21-6-7-23;/h1-5,8-9,21,23H,6-7,10H2,(H3,19,20)(H,22,24);1H. The van der Waals surface area contributed by atoms with Gasteiger partial charge in [0, 0.05) is 34.9 Å². The highest BCUT2D eigenvalue weighted by molar-refractivity contribution is 6.30. The van der Waals surface area contributed by atoms with Crippen LogP contribution in [0, 0.1) is 5.41 Å². The highest BCUT2D eigenvalue weighted by atomic mass is 35.5. The minimum atomic E-state index is -0.235. The average molecular weight is 383 g/mol. The number of amidine groups is 1. The van der Waals surface area contributed by atoms with E-state index in [1.165, 1.54) is 0 Å². The first kappa shape index (κ1) is 20.8. The number of hydrogen-bond donors (Lipinski definition) is 5. The number of amides is 1. The first-order chi connectivity index (χ1) is 11.5. The summed E-state index contributed by atoms with van der Waals surface area (Å²) < 4.78 is 0. The quantitative estimate of drug-likeness (QED) is 0.373. The molecule has 0 bridgehead atoms. The van der Waals surface area contributed by atoms with Gasteiger partial charge in [-0.2, -0.15) is 0 Å². The summed E-state index contributed by atoms with van der Waals surface area (Å²) in [5.41, 5.74) is 8.08. The van der Waals surface area contributed by atoms with Crippen molar-refractivity contribution >= 4 is 41.4 Å². The van der Waals surface area contributed by atoms with Gasteiger partial charge < -0.3 is 21.5 Å². The van der Waals surface area contributed by atoms with Crippen molar-refractivity contribution in [3.05, 3.63) is 64.2 Å². The summed E-state index contributed by atoms with van der Waals surface area (Å²) in [7, 11) is 0. The maximum absolute atomic E-state index is 12.2. The molecule has 0 unspecified atom stereocenters. The van der Waals surface area contributed by atoms with Crippen LogP contribution in [0.5, 0.6) is 0 Å². The molecule has 0 saturated heterocycles. The van der Waals surface area contributed by atoms with Crippen molar-refractivity contribution in [3.63, 3.8) is 0 Å². The number of nitrogen functional groups attached to an aromatic ring is 1. The van der Waals surface area contributed by atoms with Crippen molar-refractivity contribution in [1.82, 2.24) is 5.32 Å². The molecule has 0 saturated carbocycles. The van der Waals surface area contributed by atoms with Gasteiger partial charge in [0.1, 0.15) is 5.84 Å². The summed E-state index contributed by atoms with van der Waals surface area (Å²) in [6, 6.07) is 11.9. The number of hydrogen-bond acceptors (Lipinski definition) is 4. The number of nitrogens with two attached hydrogens (primary N) is 1. The Morgan fingerprint density at radius 1 is 1.20 bits per heavy atom. The topological polar surface area (TPSA) is 111 Å². The van der Waals surface area contributed by atoms with E-state index in [-0.39, 0.29) is 37.3 Å². The number of carbonyl (C=O) groups is 1. The van der Waals surface area contributed by atoms with Gasteiger partial charge in [0.2, 0.25) is 0 Å². The number of anilines is 1. The fourth-order valence-corrected chi connectivity index (χ4v) is 2.35. The van der Waals surface area contributed by atoms with E-state index in [0.717, 1.165) is 5.56 Å². The Hall–Kier alpha value is -2.28. The molecule has 0 aliphatic rings. The van der Waals surface area contributed by atoms with Crippen LogP contribution in [0.2, 0.25) is 5.02 Å². The number of carbonyl (C=O) groups excluding carboxylic acids is 1. The van der Waals surface area contributed by atoms with Gasteiger partial charge in [0.25, 0.3) is 5.91 Å². The molecular formula is C17H20Cl2N4O2. The van der Waals surface area contributed by atoms with Gasteiger partial charge >= 0.3 is 0 Å². The molecule has 0 aliphatic carbocycles. The Kier molecular flexibility index (Phi) is 8.21. The third-order valence-corrected chi connectivity index (χ3v) is 3.61. The minimum Gasteiger partial charge on any atom is -0.395 e. The lowest BCUT2D eigenvalue weighted by Gasteiger charge is -2.14. The lowest BCUT2D eigenvalue weighted by atomic mass is 10.1. The van der Waals surface area contributed by atoms with Crippen molar-refractivity contribution in [2.45, 2.75) is 6.54 Å². The predicted molar refractivity (Wildman–Crippen MR) is 103 cm³/mol. The number of aliphatic hydroxyl groups is 1. The predicted octanol–water partition coefficient (Wildman–Crippen LogP) is 2.38. The monoisotopic (exact) mass is 382 g/mol. The lowest BCUT2D eigenvalue weighted by molar-refractivity contribution is 0.0951. The number of halogens is 2. The lowest BCUT2D eigenvalue weighted by Crippen LogP contribution is -2.24. The summed E-state index contributed by atoms with van der Waals surface area (Å²) in [5, 5.41) is 22.9. The molecule has 6 N–H and O–H groups in total. The molecule has 2 rings (SSSR count). The van der Waals surface area contributed by atoms with Crippen LogP contribution in [-0.4, -0.2) is 30.0 Å². The molecule has 0 aliphatic heterocycles. The van der Waals surface area contributed by atoms with E-state index in [0.29, 0.717) is 28.4 Å². The number of rotatable bonds is 7. The molecule has 0 heterocycles. The Morgan fingerprint density at radius 2 is 1.96 bits per heavy atom.